The molecule has 1 aromatic carbocycles. The number of thiol groups is 1. The molecular formula is C9H9FO2S2. The van der Waals surface area contributed by atoms with Crippen LogP contribution in [0.4, 0.5) is 3.89 Å². The van der Waals surface area contributed by atoms with Gasteiger partial charge in [0.1, 0.15) is 0 Å². The van der Waals surface area contributed by atoms with Gasteiger partial charge in [0.2, 0.25) is 0 Å². The van der Waals surface area contributed by atoms with Crippen LogP contribution in [-0.4, -0.2) is 14.2 Å². The summed E-state index contributed by atoms with van der Waals surface area (Å²) in [5, 5.41) is 0. The normalized spacial score (nSPS) is 12.1. The molecule has 0 heterocycles. The van der Waals surface area contributed by atoms with Gasteiger partial charge in [-0.3, -0.25) is 0 Å². The minimum atomic E-state index is -4.58. The van der Waals surface area contributed by atoms with Crippen LogP contribution in [0, 0.1) is 0 Å². The minimum absolute atomic E-state index is 0.319. The van der Waals surface area contributed by atoms with Gasteiger partial charge in [-0.1, -0.05) is 24.3 Å². The van der Waals surface area contributed by atoms with Gasteiger partial charge >= 0.3 is 10.2 Å². The Balaban J connectivity index is 2.95. The van der Waals surface area contributed by atoms with E-state index in [0.29, 0.717) is 5.75 Å². The van der Waals surface area contributed by atoms with Gasteiger partial charge < -0.3 is 0 Å². The van der Waals surface area contributed by atoms with Gasteiger partial charge in [-0.05, 0) is 17.7 Å². The van der Waals surface area contributed by atoms with Crippen molar-refractivity contribution in [1.82, 2.24) is 0 Å². The summed E-state index contributed by atoms with van der Waals surface area (Å²) in [5.41, 5.74) is 0.812. The molecule has 2 nitrogen and oxygen atoms in total. The molecular weight excluding hydrogens is 223 g/mol. The van der Waals surface area contributed by atoms with Crippen molar-refractivity contribution in [3.05, 3.63) is 35.9 Å². The molecule has 0 saturated heterocycles. The molecule has 0 aromatic heterocycles. The van der Waals surface area contributed by atoms with Crippen LogP contribution >= 0.6 is 12.6 Å². The van der Waals surface area contributed by atoms with Crippen molar-refractivity contribution >= 4 is 28.9 Å². The van der Waals surface area contributed by atoms with Crippen LogP contribution < -0.4 is 0 Å². The zero-order valence-electron chi connectivity index (χ0n) is 7.22. The summed E-state index contributed by atoms with van der Waals surface area (Å²) < 4.78 is 33.4. The molecule has 0 fully saturated rings. The van der Waals surface area contributed by atoms with E-state index in [0.717, 1.165) is 5.56 Å². The summed E-state index contributed by atoms with van der Waals surface area (Å²) in [5.74, 6) is 0.600. The van der Waals surface area contributed by atoms with Crippen molar-refractivity contribution in [2.24, 2.45) is 0 Å². The molecule has 0 saturated carbocycles. The summed E-state index contributed by atoms with van der Waals surface area (Å²) >= 11 is 3.97. The second-order valence-electron chi connectivity index (χ2n) is 2.59. The lowest BCUT2D eigenvalue weighted by atomic mass is 10.2. The monoisotopic (exact) mass is 232 g/mol. The Morgan fingerprint density at radius 2 is 1.86 bits per heavy atom. The predicted octanol–water partition coefficient (Wildman–Crippen LogP) is 2.29. The Kier molecular flexibility index (Phi) is 3.71. The molecule has 0 radical (unpaired) electrons. The Hall–Kier alpha value is -0.810. The van der Waals surface area contributed by atoms with E-state index < -0.39 is 10.2 Å². The molecule has 0 amide bonds. The first-order valence-corrected chi connectivity index (χ1v) is 5.88. The lowest BCUT2D eigenvalue weighted by Crippen LogP contribution is -1.90. The maximum atomic E-state index is 12.4. The lowest BCUT2D eigenvalue weighted by molar-refractivity contribution is 0.552. The molecule has 0 unspecified atom stereocenters. The van der Waals surface area contributed by atoms with Crippen LogP contribution in [0.3, 0.4) is 0 Å². The van der Waals surface area contributed by atoms with E-state index in [9.17, 15) is 12.3 Å². The fourth-order valence-corrected chi connectivity index (χ4v) is 1.50. The highest BCUT2D eigenvalue weighted by molar-refractivity contribution is 7.86. The van der Waals surface area contributed by atoms with E-state index in [1.54, 1.807) is 6.08 Å². The zero-order chi connectivity index (χ0) is 10.6. The summed E-state index contributed by atoms with van der Waals surface area (Å²) in [6.45, 7) is 0. The number of hydrogen-bond acceptors (Lipinski definition) is 3. The van der Waals surface area contributed by atoms with Crippen LogP contribution in [-0.2, 0) is 10.2 Å². The van der Waals surface area contributed by atoms with Crippen LogP contribution in [0.1, 0.15) is 5.56 Å². The molecule has 0 aliphatic rings. The third-order valence-corrected chi connectivity index (χ3v) is 2.62. The smallest absolute Gasteiger partial charge is 0.189 e. The minimum Gasteiger partial charge on any atom is -0.189 e. The fraction of sp³-hybridized carbons (Fsp3) is 0.111. The van der Waals surface area contributed by atoms with Gasteiger partial charge in [-0.25, -0.2) is 0 Å². The third kappa shape index (κ3) is 3.16. The number of halogens is 1. The van der Waals surface area contributed by atoms with E-state index >= 15 is 0 Å². The number of hydrogen-bond donors (Lipinski definition) is 1. The van der Waals surface area contributed by atoms with Crippen molar-refractivity contribution in [3.63, 3.8) is 0 Å². The first kappa shape index (κ1) is 11.3. The molecule has 0 bridgehead atoms. The van der Waals surface area contributed by atoms with Crippen molar-refractivity contribution in [2.45, 2.75) is 4.90 Å². The SMILES string of the molecule is O=S(=O)(F)c1ccc(C=CCS)cc1. The van der Waals surface area contributed by atoms with Crippen molar-refractivity contribution in [3.8, 4) is 0 Å². The molecule has 5 heteroatoms. The number of rotatable bonds is 3. The van der Waals surface area contributed by atoms with Crippen LogP contribution in [0.2, 0.25) is 0 Å². The molecule has 0 aliphatic heterocycles. The number of benzene rings is 1. The van der Waals surface area contributed by atoms with Gasteiger partial charge in [-0.2, -0.15) is 21.0 Å². The average Bonchev–Trinajstić information content (AvgIpc) is 2.14. The van der Waals surface area contributed by atoms with E-state index in [-0.39, 0.29) is 4.90 Å². The first-order valence-electron chi connectivity index (χ1n) is 3.86. The van der Waals surface area contributed by atoms with Crippen molar-refractivity contribution < 1.29 is 12.3 Å². The highest BCUT2D eigenvalue weighted by Crippen LogP contribution is 2.13. The molecule has 0 atom stereocenters. The molecule has 0 spiro atoms. The highest BCUT2D eigenvalue weighted by atomic mass is 32.3. The Labute approximate surface area is 88.1 Å². The van der Waals surface area contributed by atoms with Gasteiger partial charge in [0, 0.05) is 5.75 Å². The zero-order valence-corrected chi connectivity index (χ0v) is 8.93. The lowest BCUT2D eigenvalue weighted by Gasteiger charge is -1.95. The Morgan fingerprint density at radius 3 is 2.29 bits per heavy atom. The van der Waals surface area contributed by atoms with Gasteiger partial charge in [0.05, 0.1) is 4.90 Å². The molecule has 1 aromatic rings. The van der Waals surface area contributed by atoms with Crippen molar-refractivity contribution in [1.29, 1.82) is 0 Å². The summed E-state index contributed by atoms with van der Waals surface area (Å²) in [4.78, 5) is -0.319. The summed E-state index contributed by atoms with van der Waals surface area (Å²) in [7, 11) is -4.58. The summed E-state index contributed by atoms with van der Waals surface area (Å²) in [6.07, 6.45) is 3.59. The van der Waals surface area contributed by atoms with Crippen LogP contribution in [0.15, 0.2) is 35.2 Å². The third-order valence-electron chi connectivity index (χ3n) is 1.58. The maximum absolute atomic E-state index is 12.4. The second kappa shape index (κ2) is 4.61. The van der Waals surface area contributed by atoms with Crippen molar-refractivity contribution in [2.75, 3.05) is 5.75 Å². The molecule has 1 rings (SSSR count). The first-order chi connectivity index (χ1) is 6.54. The van der Waals surface area contributed by atoms with E-state index in [4.69, 9.17) is 0 Å². The largest absolute Gasteiger partial charge is 0.332 e. The molecule has 0 N–H and O–H groups in total. The van der Waals surface area contributed by atoms with Crippen LogP contribution in [0.5, 0.6) is 0 Å². The maximum Gasteiger partial charge on any atom is 0.332 e. The standard InChI is InChI=1S/C9H9FO2S2/c10-14(11,12)9-5-3-8(4-6-9)2-1-7-13/h1-6,13H,7H2. The Morgan fingerprint density at radius 1 is 1.29 bits per heavy atom. The van der Waals surface area contributed by atoms with Crippen LogP contribution in [0.25, 0.3) is 6.08 Å². The summed E-state index contributed by atoms with van der Waals surface area (Å²) in [6, 6.07) is 5.53. The quantitative estimate of drug-likeness (QED) is 0.641. The van der Waals surface area contributed by atoms with Gasteiger partial charge in [-0.15, -0.1) is 3.89 Å². The van der Waals surface area contributed by atoms with E-state index in [2.05, 4.69) is 12.6 Å². The molecule has 76 valence electrons. The second-order valence-corrected chi connectivity index (χ2v) is 4.30. The van der Waals surface area contributed by atoms with E-state index in [1.165, 1.54) is 24.3 Å². The topological polar surface area (TPSA) is 34.1 Å². The van der Waals surface area contributed by atoms with Gasteiger partial charge in [0.25, 0.3) is 0 Å². The highest BCUT2D eigenvalue weighted by Gasteiger charge is 2.09. The Bertz CT molecular complexity index is 421. The predicted molar refractivity (Wildman–Crippen MR) is 57.6 cm³/mol. The average molecular weight is 232 g/mol. The fourth-order valence-electron chi connectivity index (χ4n) is 0.930. The molecule has 0 aliphatic carbocycles. The molecule has 14 heavy (non-hydrogen) atoms. The van der Waals surface area contributed by atoms with Gasteiger partial charge in [0.15, 0.2) is 0 Å². The van der Waals surface area contributed by atoms with E-state index in [1.807, 2.05) is 6.08 Å².